The molecular formula is C15H23Br2NO3. The van der Waals surface area contributed by atoms with Crippen LogP contribution in [0.1, 0.15) is 18.9 Å². The van der Waals surface area contributed by atoms with Gasteiger partial charge in [-0.05, 0) is 62.5 Å². The van der Waals surface area contributed by atoms with Crippen LogP contribution in [0.2, 0.25) is 0 Å². The van der Waals surface area contributed by atoms with E-state index >= 15 is 0 Å². The van der Waals surface area contributed by atoms with Crippen LogP contribution in [0.25, 0.3) is 0 Å². The van der Waals surface area contributed by atoms with Crippen LogP contribution in [0.15, 0.2) is 21.1 Å². The van der Waals surface area contributed by atoms with E-state index in [2.05, 4.69) is 56.2 Å². The van der Waals surface area contributed by atoms with Crippen molar-refractivity contribution in [1.82, 2.24) is 5.32 Å². The maximum Gasteiger partial charge on any atom is 0.147 e. The Morgan fingerprint density at radius 1 is 1.05 bits per heavy atom. The third kappa shape index (κ3) is 7.61. The highest BCUT2D eigenvalue weighted by Crippen LogP contribution is 2.34. The summed E-state index contributed by atoms with van der Waals surface area (Å²) in [5.74, 6) is 0.810. The summed E-state index contributed by atoms with van der Waals surface area (Å²) in [7, 11) is 1.66. The molecule has 0 heterocycles. The summed E-state index contributed by atoms with van der Waals surface area (Å²) in [5, 5.41) is 3.38. The largest absolute Gasteiger partial charge is 0.489 e. The molecule has 0 aromatic heterocycles. The first-order chi connectivity index (χ1) is 10.2. The Labute approximate surface area is 143 Å². The molecular weight excluding hydrogens is 402 g/mol. The van der Waals surface area contributed by atoms with Crippen molar-refractivity contribution < 1.29 is 14.2 Å². The van der Waals surface area contributed by atoms with Gasteiger partial charge in [0, 0.05) is 13.7 Å². The molecule has 0 amide bonds. The fraction of sp³-hybridized carbons (Fsp3) is 0.600. The van der Waals surface area contributed by atoms with Gasteiger partial charge in [-0.15, -0.1) is 0 Å². The maximum atomic E-state index is 5.75. The quantitative estimate of drug-likeness (QED) is 0.549. The fourth-order valence-corrected chi connectivity index (χ4v) is 3.22. The van der Waals surface area contributed by atoms with Gasteiger partial charge in [0.05, 0.1) is 28.8 Å². The monoisotopic (exact) mass is 423 g/mol. The van der Waals surface area contributed by atoms with Gasteiger partial charge in [-0.3, -0.25) is 0 Å². The van der Waals surface area contributed by atoms with E-state index < -0.39 is 0 Å². The summed E-state index contributed by atoms with van der Waals surface area (Å²) >= 11 is 7.11. The molecule has 0 unspecified atom stereocenters. The predicted octanol–water partition coefficient (Wildman–Crippen LogP) is 3.75. The van der Waals surface area contributed by atoms with Gasteiger partial charge in [-0.1, -0.05) is 6.92 Å². The first-order valence-corrected chi connectivity index (χ1v) is 8.65. The third-order valence-corrected chi connectivity index (χ3v) is 3.90. The predicted molar refractivity (Wildman–Crippen MR) is 92.0 cm³/mol. The van der Waals surface area contributed by atoms with Crippen LogP contribution in [0.4, 0.5) is 0 Å². The van der Waals surface area contributed by atoms with Crippen molar-refractivity contribution in [2.75, 3.05) is 40.1 Å². The van der Waals surface area contributed by atoms with E-state index in [9.17, 15) is 0 Å². The Kier molecular flexibility index (Phi) is 10.3. The van der Waals surface area contributed by atoms with E-state index in [4.69, 9.17) is 14.2 Å². The van der Waals surface area contributed by atoms with Crippen molar-refractivity contribution in [2.45, 2.75) is 19.9 Å². The molecule has 1 N–H and O–H groups in total. The van der Waals surface area contributed by atoms with Gasteiger partial charge >= 0.3 is 0 Å². The molecule has 0 spiro atoms. The van der Waals surface area contributed by atoms with Crippen molar-refractivity contribution in [3.8, 4) is 5.75 Å². The Hall–Kier alpha value is -0.140. The first kappa shape index (κ1) is 18.9. The second-order valence-corrected chi connectivity index (χ2v) is 6.23. The van der Waals surface area contributed by atoms with Gasteiger partial charge < -0.3 is 19.5 Å². The van der Waals surface area contributed by atoms with Crippen LogP contribution >= 0.6 is 31.9 Å². The molecule has 0 saturated heterocycles. The zero-order valence-corrected chi connectivity index (χ0v) is 15.8. The van der Waals surface area contributed by atoms with Crippen molar-refractivity contribution in [2.24, 2.45) is 0 Å². The smallest absolute Gasteiger partial charge is 0.147 e. The summed E-state index contributed by atoms with van der Waals surface area (Å²) in [5.41, 5.74) is 1.21. The van der Waals surface area contributed by atoms with Gasteiger partial charge in [-0.25, -0.2) is 0 Å². The maximum absolute atomic E-state index is 5.75. The number of nitrogens with one attached hydrogen (secondary N) is 1. The van der Waals surface area contributed by atoms with Crippen LogP contribution in [-0.2, 0) is 16.0 Å². The van der Waals surface area contributed by atoms with Crippen molar-refractivity contribution in [3.63, 3.8) is 0 Å². The lowest BCUT2D eigenvalue weighted by Gasteiger charge is -2.13. The van der Waals surface area contributed by atoms with E-state index in [-0.39, 0.29) is 0 Å². The van der Waals surface area contributed by atoms with Gasteiger partial charge in [-0.2, -0.15) is 0 Å². The van der Waals surface area contributed by atoms with Crippen LogP contribution in [0, 0.1) is 0 Å². The lowest BCUT2D eigenvalue weighted by Crippen LogP contribution is -2.14. The number of rotatable bonds is 11. The molecule has 21 heavy (non-hydrogen) atoms. The zero-order chi connectivity index (χ0) is 15.5. The van der Waals surface area contributed by atoms with Crippen molar-refractivity contribution >= 4 is 31.9 Å². The highest BCUT2D eigenvalue weighted by atomic mass is 79.9. The summed E-state index contributed by atoms with van der Waals surface area (Å²) in [6, 6.07) is 4.16. The zero-order valence-electron chi connectivity index (χ0n) is 12.6. The van der Waals surface area contributed by atoms with Crippen LogP contribution in [0.5, 0.6) is 5.75 Å². The standard InChI is InChI=1S/C15H23Br2NO3/c1-3-4-18-11-12-9-13(16)15(14(17)10-12)21-8-7-20-6-5-19-2/h9-10,18H,3-8,11H2,1-2H3. The number of hydrogen-bond donors (Lipinski definition) is 1. The topological polar surface area (TPSA) is 39.7 Å². The Balaban J connectivity index is 2.43. The van der Waals surface area contributed by atoms with E-state index in [0.717, 1.165) is 34.2 Å². The number of ether oxygens (including phenoxy) is 3. The lowest BCUT2D eigenvalue weighted by molar-refractivity contribution is 0.0542. The van der Waals surface area contributed by atoms with Crippen molar-refractivity contribution in [3.05, 3.63) is 26.6 Å². The third-order valence-electron chi connectivity index (χ3n) is 2.72. The van der Waals surface area contributed by atoms with Gasteiger partial charge in [0.1, 0.15) is 12.4 Å². The minimum absolute atomic E-state index is 0.508. The Morgan fingerprint density at radius 2 is 1.71 bits per heavy atom. The number of benzene rings is 1. The summed E-state index contributed by atoms with van der Waals surface area (Å²) in [4.78, 5) is 0. The van der Waals surface area contributed by atoms with Gasteiger partial charge in [0.15, 0.2) is 0 Å². The van der Waals surface area contributed by atoms with E-state index in [0.29, 0.717) is 26.4 Å². The van der Waals surface area contributed by atoms with E-state index in [1.54, 1.807) is 7.11 Å². The Morgan fingerprint density at radius 3 is 2.33 bits per heavy atom. The molecule has 0 radical (unpaired) electrons. The molecule has 0 bridgehead atoms. The van der Waals surface area contributed by atoms with E-state index in [1.165, 1.54) is 5.56 Å². The highest BCUT2D eigenvalue weighted by Gasteiger charge is 2.09. The molecule has 0 fully saturated rings. The van der Waals surface area contributed by atoms with Crippen LogP contribution in [-0.4, -0.2) is 40.1 Å². The molecule has 1 aromatic carbocycles. The average molecular weight is 425 g/mol. The fourth-order valence-electron chi connectivity index (χ4n) is 1.71. The molecule has 1 rings (SSSR count). The Bertz CT molecular complexity index is 393. The normalized spacial score (nSPS) is 10.9. The minimum Gasteiger partial charge on any atom is -0.489 e. The summed E-state index contributed by atoms with van der Waals surface area (Å²) < 4.78 is 17.9. The molecule has 0 aliphatic heterocycles. The second kappa shape index (κ2) is 11.4. The number of methoxy groups -OCH3 is 1. The molecule has 120 valence electrons. The van der Waals surface area contributed by atoms with Crippen molar-refractivity contribution in [1.29, 1.82) is 0 Å². The highest BCUT2D eigenvalue weighted by molar-refractivity contribution is 9.11. The second-order valence-electron chi connectivity index (χ2n) is 4.52. The van der Waals surface area contributed by atoms with Crippen LogP contribution in [0.3, 0.4) is 0 Å². The molecule has 1 aromatic rings. The number of halogens is 2. The molecule has 0 atom stereocenters. The first-order valence-electron chi connectivity index (χ1n) is 7.07. The molecule has 0 aliphatic carbocycles. The van der Waals surface area contributed by atoms with E-state index in [1.807, 2.05) is 0 Å². The number of hydrogen-bond acceptors (Lipinski definition) is 4. The molecule has 0 saturated carbocycles. The summed E-state index contributed by atoms with van der Waals surface area (Å²) in [6.07, 6.45) is 1.13. The van der Waals surface area contributed by atoms with Crippen LogP contribution < -0.4 is 10.1 Å². The lowest BCUT2D eigenvalue weighted by atomic mass is 10.2. The molecule has 4 nitrogen and oxygen atoms in total. The van der Waals surface area contributed by atoms with Gasteiger partial charge in [0.2, 0.25) is 0 Å². The average Bonchev–Trinajstić information content (AvgIpc) is 2.45. The molecule has 0 aliphatic rings. The SMILES string of the molecule is CCCNCc1cc(Br)c(OCCOCCOC)c(Br)c1. The summed E-state index contributed by atoms with van der Waals surface area (Å²) in [6.45, 7) is 6.27. The molecule has 6 heteroatoms. The van der Waals surface area contributed by atoms with Gasteiger partial charge in [0.25, 0.3) is 0 Å². The minimum atomic E-state index is 0.508.